The van der Waals surface area contributed by atoms with Gasteiger partial charge in [0.25, 0.3) is 5.69 Å². The molecule has 1 aromatic rings. The lowest BCUT2D eigenvalue weighted by molar-refractivity contribution is -0.384. The van der Waals surface area contributed by atoms with Gasteiger partial charge < -0.3 is 15.1 Å². The minimum Gasteiger partial charge on any atom is -0.396 e. The van der Waals surface area contributed by atoms with E-state index >= 15 is 0 Å². The van der Waals surface area contributed by atoms with E-state index in [4.69, 9.17) is 5.26 Å². The summed E-state index contributed by atoms with van der Waals surface area (Å²) >= 11 is 0. The molecule has 0 unspecified atom stereocenters. The van der Waals surface area contributed by atoms with Crippen LogP contribution in [0.3, 0.4) is 0 Å². The Kier molecular flexibility index (Phi) is 5.02. The summed E-state index contributed by atoms with van der Waals surface area (Å²) in [5.41, 5.74) is -0.399. The molecule has 0 aliphatic carbocycles. The van der Waals surface area contributed by atoms with Gasteiger partial charge in [-0.3, -0.25) is 10.1 Å². The molecule has 0 spiro atoms. The van der Waals surface area contributed by atoms with Crippen molar-refractivity contribution in [2.45, 2.75) is 6.92 Å². The van der Waals surface area contributed by atoms with Gasteiger partial charge in [-0.15, -0.1) is 0 Å². The van der Waals surface area contributed by atoms with Gasteiger partial charge in [0.2, 0.25) is 0 Å². The molecule has 1 rings (SSSR count). The Morgan fingerprint density at radius 1 is 1.45 bits per heavy atom. The minimum atomic E-state index is -0.767. The van der Waals surface area contributed by atoms with E-state index in [0.717, 1.165) is 0 Å². The van der Waals surface area contributed by atoms with Crippen molar-refractivity contribution in [1.29, 1.82) is 5.26 Å². The number of rotatable bonds is 6. The number of hydrogen-bond donors (Lipinski definition) is 2. The lowest BCUT2D eigenvalue weighted by Crippen LogP contribution is -2.39. The van der Waals surface area contributed by atoms with Crippen LogP contribution in [0.25, 0.3) is 0 Å². The summed E-state index contributed by atoms with van der Waals surface area (Å²) < 4.78 is 0. The summed E-state index contributed by atoms with van der Waals surface area (Å²) in [4.78, 5) is 12.1. The second kappa shape index (κ2) is 6.32. The summed E-state index contributed by atoms with van der Waals surface area (Å²) in [5.74, 6) is 0. The van der Waals surface area contributed by atoms with E-state index in [-0.39, 0.29) is 31.0 Å². The highest BCUT2D eigenvalue weighted by Gasteiger charge is 2.27. The van der Waals surface area contributed by atoms with Crippen LogP contribution >= 0.6 is 0 Å². The molecular formula is C13H17N3O4. The number of benzene rings is 1. The molecule has 0 fully saturated rings. The number of nitrogens with zero attached hydrogens (tertiary/aromatic N) is 3. The summed E-state index contributed by atoms with van der Waals surface area (Å²) in [6.07, 6.45) is 0. The molecule has 108 valence electrons. The average Bonchev–Trinajstić information content (AvgIpc) is 2.46. The fourth-order valence-corrected chi connectivity index (χ4v) is 1.87. The quantitative estimate of drug-likeness (QED) is 0.591. The first-order valence-corrected chi connectivity index (χ1v) is 5.98. The van der Waals surface area contributed by atoms with E-state index in [1.165, 1.54) is 18.2 Å². The third-order valence-corrected chi connectivity index (χ3v) is 3.09. The fraction of sp³-hybridized carbons (Fsp3) is 0.462. The first kappa shape index (κ1) is 15.9. The van der Waals surface area contributed by atoms with Gasteiger partial charge in [-0.1, -0.05) is 6.92 Å². The zero-order valence-corrected chi connectivity index (χ0v) is 11.4. The third-order valence-electron chi connectivity index (χ3n) is 3.09. The lowest BCUT2D eigenvalue weighted by atomic mass is 9.92. The van der Waals surface area contributed by atoms with Gasteiger partial charge in [-0.2, -0.15) is 5.26 Å². The molecule has 0 atom stereocenters. The average molecular weight is 279 g/mol. The third kappa shape index (κ3) is 3.44. The minimum absolute atomic E-state index is 0.176. The van der Waals surface area contributed by atoms with E-state index in [1.807, 2.05) is 6.07 Å². The Bertz CT molecular complexity index is 535. The van der Waals surface area contributed by atoms with Crippen molar-refractivity contribution in [3.63, 3.8) is 0 Å². The topological polar surface area (TPSA) is 111 Å². The van der Waals surface area contributed by atoms with Crippen molar-refractivity contribution in [1.82, 2.24) is 0 Å². The second-order valence-corrected chi connectivity index (χ2v) is 5.06. The maximum absolute atomic E-state index is 11.1. The number of aliphatic hydroxyl groups is 2. The van der Waals surface area contributed by atoms with E-state index < -0.39 is 10.3 Å². The van der Waals surface area contributed by atoms with Crippen LogP contribution in [0.4, 0.5) is 11.4 Å². The van der Waals surface area contributed by atoms with Gasteiger partial charge in [-0.25, -0.2) is 0 Å². The molecule has 2 N–H and O–H groups in total. The highest BCUT2D eigenvalue weighted by Crippen LogP contribution is 2.30. The Balaban J connectivity index is 3.13. The normalized spacial score (nSPS) is 10.9. The number of aliphatic hydroxyl groups excluding tert-OH is 2. The first-order chi connectivity index (χ1) is 9.36. The smallest absolute Gasteiger partial charge is 0.293 e. The van der Waals surface area contributed by atoms with Gasteiger partial charge in [0.05, 0.1) is 29.8 Å². The standard InChI is InChI=1S/C13H17N3O4/c1-13(8-17,9-18)7-15(2)11-4-3-10(6-14)5-12(11)16(19)20/h3-5,17-18H,7-9H2,1-2H3. The Hall–Kier alpha value is -2.17. The molecule has 7 nitrogen and oxygen atoms in total. The van der Waals surface area contributed by atoms with Gasteiger partial charge in [0.15, 0.2) is 0 Å². The van der Waals surface area contributed by atoms with Crippen LogP contribution in [0.1, 0.15) is 12.5 Å². The van der Waals surface area contributed by atoms with Crippen LogP contribution in [0.5, 0.6) is 0 Å². The molecule has 0 amide bonds. The highest BCUT2D eigenvalue weighted by molar-refractivity contribution is 5.65. The zero-order chi connectivity index (χ0) is 15.3. The van der Waals surface area contributed by atoms with Crippen molar-refractivity contribution in [2.24, 2.45) is 5.41 Å². The van der Waals surface area contributed by atoms with Crippen molar-refractivity contribution in [2.75, 3.05) is 31.7 Å². The summed E-state index contributed by atoms with van der Waals surface area (Å²) in [7, 11) is 1.64. The Morgan fingerprint density at radius 3 is 2.50 bits per heavy atom. The number of hydrogen-bond acceptors (Lipinski definition) is 6. The van der Waals surface area contributed by atoms with Crippen molar-refractivity contribution >= 4 is 11.4 Å². The van der Waals surface area contributed by atoms with Crippen molar-refractivity contribution < 1.29 is 15.1 Å². The number of nitro groups is 1. The molecule has 0 radical (unpaired) electrons. The molecular weight excluding hydrogens is 262 g/mol. The fourth-order valence-electron chi connectivity index (χ4n) is 1.87. The second-order valence-electron chi connectivity index (χ2n) is 5.06. The maximum Gasteiger partial charge on any atom is 0.293 e. The van der Waals surface area contributed by atoms with Crippen molar-refractivity contribution in [3.8, 4) is 6.07 Å². The van der Waals surface area contributed by atoms with Crippen molar-refractivity contribution in [3.05, 3.63) is 33.9 Å². The van der Waals surface area contributed by atoms with Crippen LogP contribution in [0, 0.1) is 26.9 Å². The zero-order valence-electron chi connectivity index (χ0n) is 11.4. The maximum atomic E-state index is 11.1. The van der Waals surface area contributed by atoms with E-state index in [2.05, 4.69) is 0 Å². The largest absolute Gasteiger partial charge is 0.396 e. The molecule has 0 aliphatic heterocycles. The van der Waals surface area contributed by atoms with Gasteiger partial charge >= 0.3 is 0 Å². The van der Waals surface area contributed by atoms with Gasteiger partial charge in [0.1, 0.15) is 5.69 Å². The molecule has 20 heavy (non-hydrogen) atoms. The predicted octanol–water partition coefficient (Wildman–Crippen LogP) is 0.894. The SMILES string of the molecule is CN(CC(C)(CO)CO)c1ccc(C#N)cc1[N+](=O)[O-]. The molecule has 0 aromatic heterocycles. The highest BCUT2D eigenvalue weighted by atomic mass is 16.6. The van der Waals surface area contributed by atoms with E-state index in [0.29, 0.717) is 5.69 Å². The monoisotopic (exact) mass is 279 g/mol. The van der Waals surface area contributed by atoms with Crippen LogP contribution in [0.15, 0.2) is 18.2 Å². The summed E-state index contributed by atoms with van der Waals surface area (Å²) in [6.45, 7) is 1.45. The molecule has 1 aromatic carbocycles. The summed E-state index contributed by atoms with van der Waals surface area (Å²) in [6, 6.07) is 6.05. The predicted molar refractivity (Wildman–Crippen MR) is 73.4 cm³/mol. The molecule has 0 heterocycles. The molecule has 0 aliphatic rings. The van der Waals surface area contributed by atoms with Crippen LogP contribution < -0.4 is 4.90 Å². The van der Waals surface area contributed by atoms with E-state index in [1.54, 1.807) is 18.9 Å². The van der Waals surface area contributed by atoms with E-state index in [9.17, 15) is 20.3 Å². The number of anilines is 1. The molecule has 0 saturated heterocycles. The Morgan fingerprint density at radius 2 is 2.05 bits per heavy atom. The molecule has 0 saturated carbocycles. The van der Waals surface area contributed by atoms with Crippen LogP contribution in [0.2, 0.25) is 0 Å². The van der Waals surface area contributed by atoms with Crippen LogP contribution in [-0.4, -0.2) is 41.9 Å². The van der Waals surface area contributed by atoms with Gasteiger partial charge in [0, 0.05) is 25.1 Å². The first-order valence-electron chi connectivity index (χ1n) is 5.98. The molecule has 7 heteroatoms. The number of nitriles is 1. The summed E-state index contributed by atoms with van der Waals surface area (Å²) in [5, 5.41) is 38.4. The Labute approximate surface area is 116 Å². The number of nitro benzene ring substituents is 1. The lowest BCUT2D eigenvalue weighted by Gasteiger charge is -2.31. The van der Waals surface area contributed by atoms with Gasteiger partial charge in [-0.05, 0) is 12.1 Å². The molecule has 0 bridgehead atoms. The van der Waals surface area contributed by atoms with Crippen LogP contribution in [-0.2, 0) is 0 Å².